The zero-order valence-electron chi connectivity index (χ0n) is 14.8. The lowest BCUT2D eigenvalue weighted by Crippen LogP contribution is -2.39. The van der Waals surface area contributed by atoms with E-state index in [1.54, 1.807) is 0 Å². The van der Waals surface area contributed by atoms with E-state index < -0.39 is 0 Å². The van der Waals surface area contributed by atoms with Gasteiger partial charge in [0.1, 0.15) is 0 Å². The van der Waals surface area contributed by atoms with Gasteiger partial charge in [0.25, 0.3) is 0 Å². The number of benzene rings is 1. The van der Waals surface area contributed by atoms with Gasteiger partial charge in [0.15, 0.2) is 0 Å². The van der Waals surface area contributed by atoms with Crippen LogP contribution in [0.4, 0.5) is 0 Å². The van der Waals surface area contributed by atoms with E-state index in [4.69, 9.17) is 0 Å². The lowest BCUT2D eigenvalue weighted by molar-refractivity contribution is -0.131. The van der Waals surface area contributed by atoms with Crippen molar-refractivity contribution >= 4 is 11.8 Å². The van der Waals surface area contributed by atoms with Gasteiger partial charge in [-0.3, -0.25) is 9.59 Å². The average molecular weight is 340 g/mol. The minimum atomic E-state index is -0.147. The lowest BCUT2D eigenvalue weighted by atomic mass is 10.1. The molecule has 1 aromatic heterocycles. The van der Waals surface area contributed by atoms with Crippen molar-refractivity contribution in [2.75, 3.05) is 19.6 Å². The molecule has 25 heavy (non-hydrogen) atoms. The van der Waals surface area contributed by atoms with Crippen molar-refractivity contribution in [2.24, 2.45) is 0 Å². The van der Waals surface area contributed by atoms with Crippen LogP contribution in [-0.4, -0.2) is 46.1 Å². The molecule has 0 bridgehead atoms. The van der Waals surface area contributed by atoms with Crippen LogP contribution < -0.4 is 5.32 Å². The predicted octanol–water partition coefficient (Wildman–Crippen LogP) is 1.77. The van der Waals surface area contributed by atoms with Crippen molar-refractivity contribution in [3.63, 3.8) is 0 Å². The van der Waals surface area contributed by atoms with Crippen molar-refractivity contribution in [3.05, 3.63) is 47.3 Å². The number of amides is 2. The normalized spacial score (nSPS) is 13.9. The van der Waals surface area contributed by atoms with Gasteiger partial charge in [-0.1, -0.05) is 18.2 Å². The summed E-state index contributed by atoms with van der Waals surface area (Å²) in [7, 11) is 0. The molecule has 1 saturated heterocycles. The molecule has 0 aliphatic carbocycles. The fraction of sp³-hybridized carbons (Fsp3) is 0.421. The fourth-order valence-electron chi connectivity index (χ4n) is 3.23. The highest BCUT2D eigenvalue weighted by molar-refractivity contribution is 5.86. The van der Waals surface area contributed by atoms with Gasteiger partial charge >= 0.3 is 0 Å². The molecule has 0 saturated carbocycles. The highest BCUT2D eigenvalue weighted by Crippen LogP contribution is 2.18. The maximum absolute atomic E-state index is 12.3. The van der Waals surface area contributed by atoms with Gasteiger partial charge < -0.3 is 10.2 Å². The molecule has 1 fully saturated rings. The van der Waals surface area contributed by atoms with E-state index in [0.29, 0.717) is 0 Å². The topological polar surface area (TPSA) is 67.2 Å². The Labute approximate surface area is 147 Å². The minimum Gasteiger partial charge on any atom is -0.347 e. The summed E-state index contributed by atoms with van der Waals surface area (Å²) >= 11 is 0. The van der Waals surface area contributed by atoms with Crippen LogP contribution in [0.3, 0.4) is 0 Å². The Morgan fingerprint density at radius 3 is 2.48 bits per heavy atom. The largest absolute Gasteiger partial charge is 0.347 e. The number of nitrogens with zero attached hydrogens (tertiary/aromatic N) is 3. The van der Waals surface area contributed by atoms with E-state index in [0.717, 1.165) is 48.6 Å². The SMILES string of the molecule is Cc1nn(-c2ccccc2)c(C)c1CC(=O)NCC(=O)N1CCCC1. The van der Waals surface area contributed by atoms with E-state index in [2.05, 4.69) is 10.4 Å². The van der Waals surface area contributed by atoms with Crippen LogP contribution in [0.5, 0.6) is 0 Å². The number of hydrogen-bond acceptors (Lipinski definition) is 3. The van der Waals surface area contributed by atoms with Crippen LogP contribution in [0.2, 0.25) is 0 Å². The molecule has 2 aromatic rings. The Morgan fingerprint density at radius 2 is 1.80 bits per heavy atom. The summed E-state index contributed by atoms with van der Waals surface area (Å²) in [6.45, 7) is 5.55. The third-order valence-corrected chi connectivity index (χ3v) is 4.67. The van der Waals surface area contributed by atoms with Crippen LogP contribution in [0.15, 0.2) is 30.3 Å². The minimum absolute atomic E-state index is 0.000672. The molecule has 6 heteroatoms. The molecule has 1 N–H and O–H groups in total. The number of carbonyl (C=O) groups excluding carboxylic acids is 2. The molecule has 1 aliphatic rings. The standard InChI is InChI=1S/C19H24N4O2/c1-14-17(15(2)23(21-14)16-8-4-3-5-9-16)12-18(24)20-13-19(25)22-10-6-7-11-22/h3-5,8-9H,6-7,10-13H2,1-2H3,(H,20,24). The van der Waals surface area contributed by atoms with Gasteiger partial charge in [-0.15, -0.1) is 0 Å². The summed E-state index contributed by atoms with van der Waals surface area (Å²) in [5, 5.41) is 7.30. The van der Waals surface area contributed by atoms with E-state index in [1.807, 2.05) is 53.8 Å². The molecule has 3 rings (SSSR count). The zero-order chi connectivity index (χ0) is 17.8. The number of rotatable bonds is 5. The maximum Gasteiger partial charge on any atom is 0.241 e. The summed E-state index contributed by atoms with van der Waals surface area (Å²) < 4.78 is 1.85. The Balaban J connectivity index is 1.63. The first-order valence-electron chi connectivity index (χ1n) is 8.71. The van der Waals surface area contributed by atoms with E-state index >= 15 is 0 Å². The van der Waals surface area contributed by atoms with Crippen LogP contribution in [0.1, 0.15) is 29.8 Å². The molecule has 2 heterocycles. The van der Waals surface area contributed by atoms with Crippen LogP contribution in [0, 0.1) is 13.8 Å². The van der Waals surface area contributed by atoms with Crippen molar-refractivity contribution < 1.29 is 9.59 Å². The first-order chi connectivity index (χ1) is 12.1. The second-order valence-electron chi connectivity index (χ2n) is 6.44. The molecule has 0 atom stereocenters. The summed E-state index contributed by atoms with van der Waals surface area (Å²) in [5.41, 5.74) is 3.67. The number of aromatic nitrogens is 2. The van der Waals surface area contributed by atoms with E-state index in [1.165, 1.54) is 0 Å². The number of carbonyl (C=O) groups is 2. The lowest BCUT2D eigenvalue weighted by Gasteiger charge is -2.15. The molecule has 2 amide bonds. The predicted molar refractivity (Wildman–Crippen MR) is 95.6 cm³/mol. The van der Waals surface area contributed by atoms with Crippen molar-refractivity contribution in [1.82, 2.24) is 20.0 Å². The van der Waals surface area contributed by atoms with Gasteiger partial charge in [0, 0.05) is 24.3 Å². The first kappa shape index (κ1) is 17.2. The van der Waals surface area contributed by atoms with Gasteiger partial charge in [0.2, 0.25) is 11.8 Å². The summed E-state index contributed by atoms with van der Waals surface area (Å²) in [6.07, 6.45) is 2.34. The van der Waals surface area contributed by atoms with Gasteiger partial charge in [-0.25, -0.2) is 4.68 Å². The summed E-state index contributed by atoms with van der Waals surface area (Å²) in [4.78, 5) is 26.1. The molecule has 1 aliphatic heterocycles. The second-order valence-corrected chi connectivity index (χ2v) is 6.44. The molecule has 0 spiro atoms. The summed E-state index contributed by atoms with van der Waals surface area (Å²) in [5.74, 6) is -0.148. The van der Waals surface area contributed by atoms with Crippen LogP contribution >= 0.6 is 0 Å². The number of nitrogens with one attached hydrogen (secondary N) is 1. The summed E-state index contributed by atoms with van der Waals surface area (Å²) in [6, 6.07) is 9.85. The number of aryl methyl sites for hydroxylation is 1. The molecule has 132 valence electrons. The Bertz CT molecular complexity index is 761. The third kappa shape index (κ3) is 3.90. The second kappa shape index (κ2) is 7.51. The van der Waals surface area contributed by atoms with Gasteiger partial charge in [-0.05, 0) is 38.8 Å². The number of hydrogen-bond donors (Lipinski definition) is 1. The van der Waals surface area contributed by atoms with Crippen LogP contribution in [-0.2, 0) is 16.0 Å². The van der Waals surface area contributed by atoms with Crippen molar-refractivity contribution in [1.29, 1.82) is 0 Å². The Kier molecular flexibility index (Phi) is 5.16. The molecule has 6 nitrogen and oxygen atoms in total. The Hall–Kier alpha value is -2.63. The first-order valence-corrected chi connectivity index (χ1v) is 8.71. The number of likely N-dealkylation sites (tertiary alicyclic amines) is 1. The number of para-hydroxylation sites is 1. The Morgan fingerprint density at radius 1 is 1.12 bits per heavy atom. The van der Waals surface area contributed by atoms with Crippen LogP contribution in [0.25, 0.3) is 5.69 Å². The fourth-order valence-corrected chi connectivity index (χ4v) is 3.23. The van der Waals surface area contributed by atoms with E-state index in [9.17, 15) is 9.59 Å². The smallest absolute Gasteiger partial charge is 0.241 e. The highest BCUT2D eigenvalue weighted by Gasteiger charge is 2.19. The molecule has 0 unspecified atom stereocenters. The quantitative estimate of drug-likeness (QED) is 0.902. The molecular formula is C19H24N4O2. The molecular weight excluding hydrogens is 316 g/mol. The van der Waals surface area contributed by atoms with Gasteiger partial charge in [0.05, 0.1) is 24.3 Å². The van der Waals surface area contributed by atoms with E-state index in [-0.39, 0.29) is 24.8 Å². The average Bonchev–Trinajstić information content (AvgIpc) is 3.25. The monoisotopic (exact) mass is 340 g/mol. The maximum atomic E-state index is 12.3. The molecule has 0 radical (unpaired) electrons. The van der Waals surface area contributed by atoms with Gasteiger partial charge in [-0.2, -0.15) is 5.10 Å². The zero-order valence-corrected chi connectivity index (χ0v) is 14.8. The van der Waals surface area contributed by atoms with Crippen molar-refractivity contribution in [3.8, 4) is 5.69 Å². The third-order valence-electron chi connectivity index (χ3n) is 4.67. The highest BCUT2D eigenvalue weighted by atomic mass is 16.2. The van der Waals surface area contributed by atoms with Crippen molar-refractivity contribution in [2.45, 2.75) is 33.1 Å². The molecule has 1 aromatic carbocycles.